The number of anilines is 5. The maximum Gasteiger partial charge on any atom is 0.254 e. The molecule has 0 aliphatic carbocycles. The number of hydrogen-bond donors (Lipinski definition) is 2. The van der Waals surface area contributed by atoms with Gasteiger partial charge in [-0.05, 0) is 44.6 Å². The fraction of sp³-hybridized carbons (Fsp3) is 0.318. The van der Waals surface area contributed by atoms with E-state index in [0.29, 0.717) is 17.6 Å². The lowest BCUT2D eigenvalue weighted by Gasteiger charge is -2.16. The van der Waals surface area contributed by atoms with Crippen LogP contribution in [0.3, 0.4) is 0 Å². The van der Waals surface area contributed by atoms with Gasteiger partial charge in [-0.1, -0.05) is 80.4 Å². The Morgan fingerprint density at radius 2 is 1.47 bits per heavy atom. The van der Waals surface area contributed by atoms with Crippen LogP contribution in [0.2, 0.25) is 0 Å². The highest BCUT2D eigenvalue weighted by molar-refractivity contribution is 7.80. The van der Waals surface area contributed by atoms with Crippen LogP contribution in [-0.4, -0.2) is 45.4 Å². The molecule has 0 radical (unpaired) electrons. The van der Waals surface area contributed by atoms with E-state index in [-0.39, 0.29) is 0 Å². The van der Waals surface area contributed by atoms with Gasteiger partial charge in [-0.2, -0.15) is 0 Å². The number of tetrazole rings is 2. The molecule has 0 unspecified atom stereocenters. The van der Waals surface area contributed by atoms with Crippen molar-refractivity contribution in [2.45, 2.75) is 34.1 Å². The van der Waals surface area contributed by atoms with Crippen molar-refractivity contribution in [1.29, 1.82) is 0 Å². The van der Waals surface area contributed by atoms with Gasteiger partial charge in [0.2, 0.25) is 5.95 Å². The third-order valence-corrected chi connectivity index (χ3v) is 4.78. The lowest BCUT2D eigenvalue weighted by molar-refractivity contribution is 0.712. The summed E-state index contributed by atoms with van der Waals surface area (Å²) >= 11 is 5.37. The van der Waals surface area contributed by atoms with E-state index in [1.165, 1.54) is 10.2 Å². The van der Waals surface area contributed by atoms with Gasteiger partial charge >= 0.3 is 0 Å². The van der Waals surface area contributed by atoms with E-state index in [4.69, 9.17) is 18.0 Å². The van der Waals surface area contributed by atoms with Crippen LogP contribution in [0.4, 0.5) is 29.0 Å². The Morgan fingerprint density at radius 1 is 0.853 bits per heavy atom. The second-order valence-corrected chi connectivity index (χ2v) is 6.95. The summed E-state index contributed by atoms with van der Waals surface area (Å²) in [5.74, 6) is 1.22. The van der Waals surface area contributed by atoms with Crippen LogP contribution < -0.4 is 16.0 Å². The number of nitrogens with zero attached hydrogens (tertiary/aromatic N) is 9. The van der Waals surface area contributed by atoms with E-state index in [0.717, 1.165) is 22.8 Å². The highest BCUT2D eigenvalue weighted by atomic mass is 32.1. The Morgan fingerprint density at radius 3 is 2.09 bits per heavy atom. The number of nitrogens with two attached hydrogens (primary N) is 1. The zero-order valence-corrected chi connectivity index (χ0v) is 21.2. The molecule has 2 aromatic heterocycles. The minimum atomic E-state index is 0.558. The molecular weight excluding hydrogens is 450 g/mol. The quantitative estimate of drug-likeness (QED) is 0.329. The van der Waals surface area contributed by atoms with Crippen LogP contribution in [0.5, 0.6) is 0 Å². The number of nitrogen functional groups attached to an aromatic ring is 1. The molecule has 180 valence electrons. The monoisotopic (exact) mass is 481 g/mol. The van der Waals surface area contributed by atoms with Gasteiger partial charge in [-0.3, -0.25) is 4.90 Å². The molecule has 1 aliphatic rings. The fourth-order valence-corrected chi connectivity index (χ4v) is 3.29. The van der Waals surface area contributed by atoms with Crippen LogP contribution in [-0.2, 0) is 20.5 Å². The molecule has 5 rings (SSSR count). The Hall–Kier alpha value is -3.93. The van der Waals surface area contributed by atoms with Crippen LogP contribution in [0, 0.1) is 0 Å². The van der Waals surface area contributed by atoms with Gasteiger partial charge < -0.3 is 11.1 Å². The minimum absolute atomic E-state index is 0.558. The summed E-state index contributed by atoms with van der Waals surface area (Å²) in [6.07, 6.45) is 0.776. The molecular formula is C22H31N11S. The van der Waals surface area contributed by atoms with Gasteiger partial charge in [0, 0.05) is 20.5 Å². The van der Waals surface area contributed by atoms with E-state index >= 15 is 0 Å². The molecule has 1 aliphatic heterocycles. The van der Waals surface area contributed by atoms with Gasteiger partial charge in [-0.15, -0.1) is 0 Å². The predicted molar refractivity (Wildman–Crippen MR) is 139 cm³/mol. The third kappa shape index (κ3) is 6.10. The zero-order valence-electron chi connectivity index (χ0n) is 20.3. The van der Waals surface area contributed by atoms with E-state index in [9.17, 15) is 0 Å². The molecule has 0 amide bonds. The Labute approximate surface area is 205 Å². The maximum atomic E-state index is 5.75. The average molecular weight is 482 g/mol. The van der Waals surface area contributed by atoms with Crippen LogP contribution >= 0.6 is 12.2 Å². The summed E-state index contributed by atoms with van der Waals surface area (Å²) in [6.45, 7) is 8.00. The van der Waals surface area contributed by atoms with Gasteiger partial charge in [0.1, 0.15) is 0 Å². The predicted octanol–water partition coefficient (Wildman–Crippen LogP) is 3.82. The zero-order chi connectivity index (χ0) is 25.1. The molecule has 12 heteroatoms. The summed E-state index contributed by atoms with van der Waals surface area (Å²) in [5.41, 5.74) is 9.50. The second kappa shape index (κ2) is 12.9. The van der Waals surface area contributed by atoms with Crippen LogP contribution in [0.25, 0.3) is 0 Å². The van der Waals surface area contributed by atoms with E-state index in [1.54, 1.807) is 18.8 Å². The summed E-state index contributed by atoms with van der Waals surface area (Å²) in [4.78, 5) is 2.75. The number of para-hydroxylation sites is 3. The number of rotatable bonds is 3. The lowest BCUT2D eigenvalue weighted by atomic mass is 10.2. The fourth-order valence-electron chi connectivity index (χ4n) is 2.95. The molecule has 0 atom stereocenters. The molecule has 0 fully saturated rings. The molecule has 3 heterocycles. The number of aryl methyl sites for hydroxylation is 2. The highest BCUT2D eigenvalue weighted by Gasteiger charge is 2.28. The lowest BCUT2D eigenvalue weighted by Crippen LogP contribution is -2.22. The van der Waals surface area contributed by atoms with E-state index in [2.05, 4.69) is 42.4 Å². The van der Waals surface area contributed by atoms with E-state index < -0.39 is 0 Å². The number of nitrogens with one attached hydrogen (secondary N) is 1. The SMILES string of the molecule is CC.CC.Cn1nnnc1N1C(=S)Cc2ccccc21.Cn1nnnc1Nc1ccccc1N. The van der Waals surface area contributed by atoms with Crippen molar-refractivity contribution in [3.63, 3.8) is 0 Å². The van der Waals surface area contributed by atoms with Gasteiger partial charge in [-0.25, -0.2) is 9.36 Å². The molecule has 11 nitrogen and oxygen atoms in total. The second-order valence-electron chi connectivity index (χ2n) is 6.48. The molecule has 0 bridgehead atoms. The van der Waals surface area contributed by atoms with Crippen molar-refractivity contribution >= 4 is 46.2 Å². The standard InChI is InChI=1S/C10H9N5S.C8H10N6.2C2H6/c1-14-10(11-12-13-14)15-8-5-3-2-4-7(8)6-9(15)16;1-14-8(11-12-13-14)10-7-5-3-2-4-6(7)9;2*1-2/h2-5H,6H2,1H3;2-5H,9H2,1H3,(H,10,11,13);2*1-2H3. The molecule has 0 spiro atoms. The number of fused-ring (bicyclic) bond motifs is 1. The first kappa shape index (κ1) is 26.3. The third-order valence-electron chi connectivity index (χ3n) is 4.45. The van der Waals surface area contributed by atoms with Crippen molar-refractivity contribution in [3.05, 3.63) is 54.1 Å². The molecule has 34 heavy (non-hydrogen) atoms. The maximum absolute atomic E-state index is 5.75. The summed E-state index contributed by atoms with van der Waals surface area (Å²) in [7, 11) is 3.56. The van der Waals surface area contributed by atoms with Crippen molar-refractivity contribution in [2.24, 2.45) is 14.1 Å². The normalized spacial score (nSPS) is 11.2. The Kier molecular flexibility index (Phi) is 10.0. The number of thiocarbonyl (C=S) groups is 1. The molecule has 4 aromatic rings. The first-order chi connectivity index (χ1) is 16.5. The van der Waals surface area contributed by atoms with Crippen molar-refractivity contribution < 1.29 is 0 Å². The van der Waals surface area contributed by atoms with Gasteiger partial charge in [0.15, 0.2) is 0 Å². The van der Waals surface area contributed by atoms with Gasteiger partial charge in [0.25, 0.3) is 5.95 Å². The number of benzene rings is 2. The first-order valence-electron chi connectivity index (χ1n) is 11.0. The highest BCUT2D eigenvalue weighted by Crippen LogP contribution is 2.33. The Balaban J connectivity index is 0.000000211. The van der Waals surface area contributed by atoms with Crippen LogP contribution in [0.15, 0.2) is 48.5 Å². The summed E-state index contributed by atoms with van der Waals surface area (Å²) in [6, 6.07) is 15.5. The smallest absolute Gasteiger partial charge is 0.254 e. The summed E-state index contributed by atoms with van der Waals surface area (Å²) in [5, 5.41) is 25.5. The van der Waals surface area contributed by atoms with E-state index in [1.807, 2.05) is 75.1 Å². The number of hydrogen-bond acceptors (Lipinski definition) is 9. The molecule has 3 N–H and O–H groups in total. The first-order valence-corrected chi connectivity index (χ1v) is 11.4. The number of aromatic nitrogens is 8. The molecule has 0 saturated heterocycles. The minimum Gasteiger partial charge on any atom is -0.397 e. The van der Waals surface area contributed by atoms with Crippen LogP contribution in [0.1, 0.15) is 33.3 Å². The summed E-state index contributed by atoms with van der Waals surface area (Å²) < 4.78 is 3.15. The van der Waals surface area contributed by atoms with Gasteiger partial charge in [0.05, 0.1) is 22.1 Å². The molecule has 2 aromatic carbocycles. The average Bonchev–Trinajstić information content (AvgIpc) is 3.56. The van der Waals surface area contributed by atoms with Crippen molar-refractivity contribution in [1.82, 2.24) is 40.4 Å². The largest absolute Gasteiger partial charge is 0.397 e. The molecule has 0 saturated carbocycles. The Bertz CT molecular complexity index is 1180. The topological polar surface area (TPSA) is 128 Å². The van der Waals surface area contributed by atoms with Crippen molar-refractivity contribution in [3.8, 4) is 0 Å². The van der Waals surface area contributed by atoms with Crippen molar-refractivity contribution in [2.75, 3.05) is 16.0 Å².